The summed E-state index contributed by atoms with van der Waals surface area (Å²) >= 11 is 12.4. The van der Waals surface area contributed by atoms with E-state index in [1.54, 1.807) is 50.5 Å². The summed E-state index contributed by atoms with van der Waals surface area (Å²) in [5.41, 5.74) is 6.32. The lowest BCUT2D eigenvalue weighted by molar-refractivity contribution is 0.0921. The summed E-state index contributed by atoms with van der Waals surface area (Å²) in [5, 5.41) is 7.84. The fraction of sp³-hybridized carbons (Fsp3) is 0.143. The molecule has 0 spiro atoms. The van der Waals surface area contributed by atoms with Gasteiger partial charge in [0, 0.05) is 23.8 Å². The Morgan fingerprint density at radius 1 is 1.03 bits per heavy atom. The largest absolute Gasteiger partial charge is 0.452 e. The number of methoxy groups -OCH3 is 1. The monoisotopic (exact) mass is 475 g/mol. The van der Waals surface area contributed by atoms with E-state index in [9.17, 15) is 14.4 Å². The molecule has 3 aromatic rings. The van der Waals surface area contributed by atoms with Gasteiger partial charge in [-0.05, 0) is 30.7 Å². The molecule has 2 aromatic carbocycles. The number of aryl methyl sites for hydroxylation is 2. The van der Waals surface area contributed by atoms with Gasteiger partial charge in [-0.3, -0.25) is 19.7 Å². The van der Waals surface area contributed by atoms with Crippen molar-refractivity contribution < 1.29 is 19.1 Å². The Morgan fingerprint density at radius 2 is 1.75 bits per heavy atom. The maximum Gasteiger partial charge on any atom is 0.425 e. The Kier molecular flexibility index (Phi) is 7.01. The molecule has 0 aliphatic rings. The zero-order chi connectivity index (χ0) is 23.4. The van der Waals surface area contributed by atoms with Crippen LogP contribution in [0.4, 0.5) is 10.5 Å². The SMILES string of the molecule is COC(=O)NNC(=O)c1cc(Cl)cc(C)c1NC(=O)c1cn(C)nc1-c1ccccc1Cl. The van der Waals surface area contributed by atoms with Crippen LogP contribution in [0.3, 0.4) is 0 Å². The molecule has 3 amide bonds. The molecule has 3 N–H and O–H groups in total. The number of rotatable bonds is 4. The van der Waals surface area contributed by atoms with Crippen LogP contribution >= 0.6 is 23.2 Å². The number of benzene rings is 2. The van der Waals surface area contributed by atoms with Gasteiger partial charge in [0.1, 0.15) is 5.69 Å². The first-order valence-electron chi connectivity index (χ1n) is 9.25. The second-order valence-electron chi connectivity index (χ2n) is 6.71. The van der Waals surface area contributed by atoms with E-state index in [0.717, 1.165) is 7.11 Å². The zero-order valence-corrected chi connectivity index (χ0v) is 18.8. The predicted molar refractivity (Wildman–Crippen MR) is 121 cm³/mol. The number of hydrazine groups is 1. The molecule has 0 unspecified atom stereocenters. The summed E-state index contributed by atoms with van der Waals surface area (Å²) in [6, 6.07) is 9.99. The van der Waals surface area contributed by atoms with Gasteiger partial charge in [-0.1, -0.05) is 41.4 Å². The predicted octanol–water partition coefficient (Wildman–Crippen LogP) is 3.96. The van der Waals surface area contributed by atoms with Crippen molar-refractivity contribution in [2.75, 3.05) is 12.4 Å². The highest BCUT2D eigenvalue weighted by molar-refractivity contribution is 6.33. The lowest BCUT2D eigenvalue weighted by Gasteiger charge is -2.15. The summed E-state index contributed by atoms with van der Waals surface area (Å²) in [7, 11) is 2.84. The number of amides is 3. The standard InChI is InChI=1S/C21H19Cl2N5O4/c1-11-8-12(22)9-14(20(30)25-26-21(31)32-3)17(11)24-19(29)15-10-28(2)27-18(15)13-6-4-5-7-16(13)23/h4-10H,1-3H3,(H,24,29)(H,25,30)(H,26,31). The van der Waals surface area contributed by atoms with E-state index in [0.29, 0.717) is 21.8 Å². The van der Waals surface area contributed by atoms with Crippen molar-refractivity contribution in [1.29, 1.82) is 0 Å². The number of ether oxygens (including phenoxy) is 1. The molecule has 166 valence electrons. The van der Waals surface area contributed by atoms with Gasteiger partial charge in [0.05, 0.1) is 28.9 Å². The van der Waals surface area contributed by atoms with Gasteiger partial charge in [0.15, 0.2) is 0 Å². The van der Waals surface area contributed by atoms with Crippen LogP contribution in [0.1, 0.15) is 26.3 Å². The number of aromatic nitrogens is 2. The molecule has 3 rings (SSSR count). The molecule has 0 atom stereocenters. The molecule has 9 nitrogen and oxygen atoms in total. The van der Waals surface area contributed by atoms with Crippen molar-refractivity contribution in [1.82, 2.24) is 20.6 Å². The fourth-order valence-electron chi connectivity index (χ4n) is 3.00. The summed E-state index contributed by atoms with van der Waals surface area (Å²) < 4.78 is 5.92. The number of hydrogen-bond acceptors (Lipinski definition) is 5. The summed E-state index contributed by atoms with van der Waals surface area (Å²) in [6.45, 7) is 1.68. The fourth-order valence-corrected chi connectivity index (χ4v) is 3.50. The molecule has 0 aliphatic heterocycles. The number of hydrogen-bond donors (Lipinski definition) is 3. The number of carbonyl (C=O) groups excluding carboxylic acids is 3. The van der Waals surface area contributed by atoms with Crippen molar-refractivity contribution in [3.8, 4) is 11.3 Å². The lowest BCUT2D eigenvalue weighted by Crippen LogP contribution is -2.41. The third kappa shape index (κ3) is 5.01. The highest BCUT2D eigenvalue weighted by atomic mass is 35.5. The van der Waals surface area contributed by atoms with Crippen LogP contribution in [0.15, 0.2) is 42.6 Å². The van der Waals surface area contributed by atoms with Crippen molar-refractivity contribution in [2.24, 2.45) is 7.05 Å². The Labute approximate surface area is 193 Å². The van der Waals surface area contributed by atoms with Crippen LogP contribution in [0, 0.1) is 6.92 Å². The Bertz CT molecular complexity index is 1210. The van der Waals surface area contributed by atoms with E-state index in [2.05, 4.69) is 26.0 Å². The third-order valence-electron chi connectivity index (χ3n) is 4.45. The number of halogens is 2. The summed E-state index contributed by atoms with van der Waals surface area (Å²) in [6.07, 6.45) is 0.695. The topological polar surface area (TPSA) is 114 Å². The van der Waals surface area contributed by atoms with Crippen molar-refractivity contribution >= 4 is 46.8 Å². The van der Waals surface area contributed by atoms with Gasteiger partial charge in [0.25, 0.3) is 11.8 Å². The summed E-state index contributed by atoms with van der Waals surface area (Å²) in [5.74, 6) is -1.21. The smallest absolute Gasteiger partial charge is 0.425 e. The van der Waals surface area contributed by atoms with Gasteiger partial charge in [-0.25, -0.2) is 10.2 Å². The number of anilines is 1. The van der Waals surface area contributed by atoms with Crippen molar-refractivity contribution in [3.05, 3.63) is 69.3 Å². The molecule has 1 heterocycles. The molecule has 0 fully saturated rings. The molecule has 11 heteroatoms. The van der Waals surface area contributed by atoms with Crippen LogP contribution in [-0.4, -0.2) is 34.8 Å². The molecule has 32 heavy (non-hydrogen) atoms. The highest BCUT2D eigenvalue weighted by Gasteiger charge is 2.23. The minimum atomic E-state index is -0.859. The molecule has 0 bridgehead atoms. The minimum absolute atomic E-state index is 0.0444. The molecule has 1 aromatic heterocycles. The van der Waals surface area contributed by atoms with E-state index < -0.39 is 17.9 Å². The van der Waals surface area contributed by atoms with Gasteiger partial charge < -0.3 is 10.1 Å². The van der Waals surface area contributed by atoms with Gasteiger partial charge in [0.2, 0.25) is 0 Å². The average molecular weight is 476 g/mol. The molecule has 0 saturated carbocycles. The second kappa shape index (κ2) is 9.71. The first-order chi connectivity index (χ1) is 15.2. The van der Waals surface area contributed by atoms with Gasteiger partial charge in [-0.2, -0.15) is 5.10 Å². The van der Waals surface area contributed by atoms with E-state index in [4.69, 9.17) is 23.2 Å². The molecule has 0 radical (unpaired) electrons. The highest BCUT2D eigenvalue weighted by Crippen LogP contribution is 2.31. The molecule has 0 saturated heterocycles. The van der Waals surface area contributed by atoms with Crippen molar-refractivity contribution in [3.63, 3.8) is 0 Å². The first kappa shape index (κ1) is 23.1. The number of nitrogens with one attached hydrogen (secondary N) is 3. The van der Waals surface area contributed by atoms with Crippen LogP contribution in [0.2, 0.25) is 10.0 Å². The quantitative estimate of drug-likeness (QED) is 0.494. The average Bonchev–Trinajstić information content (AvgIpc) is 3.15. The van der Waals surface area contributed by atoms with E-state index in [1.807, 2.05) is 0 Å². The van der Waals surface area contributed by atoms with E-state index in [-0.39, 0.29) is 21.8 Å². The minimum Gasteiger partial charge on any atom is -0.452 e. The Morgan fingerprint density at radius 3 is 2.44 bits per heavy atom. The third-order valence-corrected chi connectivity index (χ3v) is 5.00. The Balaban J connectivity index is 1.96. The maximum atomic E-state index is 13.2. The van der Waals surface area contributed by atoms with E-state index >= 15 is 0 Å². The van der Waals surface area contributed by atoms with Gasteiger partial charge >= 0.3 is 6.09 Å². The maximum absolute atomic E-state index is 13.2. The lowest BCUT2D eigenvalue weighted by atomic mass is 10.1. The molecule has 0 aliphatic carbocycles. The number of nitrogens with zero attached hydrogens (tertiary/aromatic N) is 2. The molecular weight excluding hydrogens is 457 g/mol. The Hall–Kier alpha value is -3.56. The number of carbonyl (C=O) groups is 3. The van der Waals surface area contributed by atoms with Crippen molar-refractivity contribution in [2.45, 2.75) is 6.92 Å². The van der Waals surface area contributed by atoms with E-state index in [1.165, 1.54) is 10.7 Å². The second-order valence-corrected chi connectivity index (χ2v) is 7.56. The molecular formula is C21H19Cl2N5O4. The summed E-state index contributed by atoms with van der Waals surface area (Å²) in [4.78, 5) is 37.1. The van der Waals surface area contributed by atoms with Crippen LogP contribution in [-0.2, 0) is 11.8 Å². The van der Waals surface area contributed by atoms with Crippen LogP contribution < -0.4 is 16.2 Å². The zero-order valence-electron chi connectivity index (χ0n) is 17.3. The van der Waals surface area contributed by atoms with Gasteiger partial charge in [-0.15, -0.1) is 0 Å². The first-order valence-corrected chi connectivity index (χ1v) is 10.0. The normalized spacial score (nSPS) is 10.4. The van der Waals surface area contributed by atoms with Crippen LogP contribution in [0.5, 0.6) is 0 Å². The van der Waals surface area contributed by atoms with Crippen LogP contribution in [0.25, 0.3) is 11.3 Å².